The van der Waals surface area contributed by atoms with Gasteiger partial charge in [0.15, 0.2) is 16.8 Å². The van der Waals surface area contributed by atoms with E-state index in [1.807, 2.05) is 0 Å². The fraction of sp³-hybridized carbons (Fsp3) is 0.0588. The van der Waals surface area contributed by atoms with Gasteiger partial charge in [-0.1, -0.05) is 12.1 Å². The lowest BCUT2D eigenvalue weighted by Gasteiger charge is -2.05. The summed E-state index contributed by atoms with van der Waals surface area (Å²) in [6.07, 6.45) is 0. The van der Waals surface area contributed by atoms with Crippen molar-refractivity contribution in [2.75, 3.05) is 5.32 Å². The number of halogens is 2. The van der Waals surface area contributed by atoms with E-state index in [-0.39, 0.29) is 16.4 Å². The van der Waals surface area contributed by atoms with Crippen LogP contribution in [0, 0.1) is 28.7 Å². The van der Waals surface area contributed by atoms with Crippen LogP contribution in [-0.2, 0) is 0 Å². The van der Waals surface area contributed by atoms with Crippen molar-refractivity contribution in [3.8, 4) is 11.3 Å². The highest BCUT2D eigenvalue weighted by Crippen LogP contribution is 2.28. The molecule has 0 saturated heterocycles. The number of nitrogens with zero attached hydrogens (tertiary/aromatic N) is 2. The van der Waals surface area contributed by atoms with Crippen molar-refractivity contribution in [1.82, 2.24) is 4.98 Å². The van der Waals surface area contributed by atoms with E-state index >= 15 is 0 Å². The number of thiazole rings is 1. The van der Waals surface area contributed by atoms with Gasteiger partial charge in [-0.3, -0.25) is 20.2 Å². The van der Waals surface area contributed by atoms with Gasteiger partial charge in [-0.2, -0.15) is 0 Å². The van der Waals surface area contributed by atoms with Crippen LogP contribution in [0.25, 0.3) is 11.3 Å². The molecular formula is C17H11F2N3O3S. The largest absolute Gasteiger partial charge is 0.298 e. The maximum absolute atomic E-state index is 13.3. The van der Waals surface area contributed by atoms with Gasteiger partial charge in [0.05, 0.1) is 10.6 Å². The Morgan fingerprint density at radius 1 is 1.23 bits per heavy atom. The Kier molecular flexibility index (Phi) is 4.72. The van der Waals surface area contributed by atoms with E-state index in [9.17, 15) is 23.7 Å². The molecule has 0 saturated carbocycles. The van der Waals surface area contributed by atoms with E-state index < -0.39 is 22.5 Å². The molecule has 0 fully saturated rings. The monoisotopic (exact) mass is 375 g/mol. The molecule has 26 heavy (non-hydrogen) atoms. The van der Waals surface area contributed by atoms with E-state index in [0.717, 1.165) is 23.5 Å². The van der Waals surface area contributed by atoms with Crippen molar-refractivity contribution >= 4 is 28.1 Å². The third kappa shape index (κ3) is 3.42. The molecule has 0 unspecified atom stereocenters. The van der Waals surface area contributed by atoms with E-state index in [1.54, 1.807) is 24.4 Å². The van der Waals surface area contributed by atoms with Crippen LogP contribution in [0.1, 0.15) is 15.9 Å². The zero-order valence-corrected chi connectivity index (χ0v) is 14.1. The molecule has 3 aromatic rings. The minimum Gasteiger partial charge on any atom is -0.298 e. The number of anilines is 1. The van der Waals surface area contributed by atoms with Crippen LogP contribution in [-0.4, -0.2) is 15.8 Å². The van der Waals surface area contributed by atoms with Crippen LogP contribution in [0.15, 0.2) is 41.8 Å². The standard InChI is InChI=1S/C17H11F2N3O3S/c1-9-3-2-4-11(15(9)22(24)25)16(23)21-17-20-14(8-26-17)10-5-6-12(18)13(19)7-10/h2-8H,1H3,(H,20,21,23). The lowest BCUT2D eigenvalue weighted by atomic mass is 10.1. The molecule has 0 atom stereocenters. The molecule has 6 nitrogen and oxygen atoms in total. The van der Waals surface area contributed by atoms with Crippen molar-refractivity contribution < 1.29 is 18.5 Å². The summed E-state index contributed by atoms with van der Waals surface area (Å²) in [5.41, 5.74) is 0.705. The van der Waals surface area contributed by atoms with E-state index in [4.69, 9.17) is 0 Å². The summed E-state index contributed by atoms with van der Waals surface area (Å²) >= 11 is 1.07. The fourth-order valence-corrected chi connectivity index (χ4v) is 3.08. The van der Waals surface area contributed by atoms with Crippen LogP contribution in [0.2, 0.25) is 0 Å². The molecule has 9 heteroatoms. The van der Waals surface area contributed by atoms with Crippen LogP contribution < -0.4 is 5.32 Å². The average Bonchev–Trinajstić information content (AvgIpc) is 3.05. The first-order valence-electron chi connectivity index (χ1n) is 7.33. The van der Waals surface area contributed by atoms with Crippen molar-refractivity contribution in [2.24, 2.45) is 0 Å². The molecule has 1 aromatic heterocycles. The predicted octanol–water partition coefficient (Wildman–Crippen LogP) is 4.56. The number of aryl methyl sites for hydroxylation is 1. The van der Waals surface area contributed by atoms with Gasteiger partial charge in [0.25, 0.3) is 11.6 Å². The van der Waals surface area contributed by atoms with Gasteiger partial charge in [-0.05, 0) is 31.2 Å². The SMILES string of the molecule is Cc1cccc(C(=O)Nc2nc(-c3ccc(F)c(F)c3)cs2)c1[N+](=O)[O-]. The number of benzene rings is 2. The number of hydrogen-bond acceptors (Lipinski definition) is 5. The predicted molar refractivity (Wildman–Crippen MR) is 93.3 cm³/mol. The molecule has 0 aliphatic heterocycles. The number of nitro groups is 1. The van der Waals surface area contributed by atoms with Gasteiger partial charge < -0.3 is 0 Å². The number of carbonyl (C=O) groups excluding carboxylic acids is 1. The molecular weight excluding hydrogens is 364 g/mol. The second-order valence-electron chi connectivity index (χ2n) is 5.35. The first-order chi connectivity index (χ1) is 12.4. The Bertz CT molecular complexity index is 1020. The molecule has 0 aliphatic carbocycles. The maximum Gasteiger partial charge on any atom is 0.285 e. The lowest BCUT2D eigenvalue weighted by molar-refractivity contribution is -0.385. The topological polar surface area (TPSA) is 85.1 Å². The van der Waals surface area contributed by atoms with Crippen molar-refractivity contribution in [3.63, 3.8) is 0 Å². The summed E-state index contributed by atoms with van der Waals surface area (Å²) in [5.74, 6) is -2.65. The highest BCUT2D eigenvalue weighted by molar-refractivity contribution is 7.14. The Balaban J connectivity index is 1.86. The number of hydrogen-bond donors (Lipinski definition) is 1. The summed E-state index contributed by atoms with van der Waals surface area (Å²) < 4.78 is 26.3. The zero-order chi connectivity index (χ0) is 18.8. The van der Waals surface area contributed by atoms with Crippen LogP contribution in [0.3, 0.4) is 0 Å². The Hall–Kier alpha value is -3.20. The van der Waals surface area contributed by atoms with Gasteiger partial charge in [0.2, 0.25) is 0 Å². The summed E-state index contributed by atoms with van der Waals surface area (Å²) in [6, 6.07) is 7.79. The van der Waals surface area contributed by atoms with Crippen LogP contribution in [0.5, 0.6) is 0 Å². The zero-order valence-electron chi connectivity index (χ0n) is 13.3. The lowest BCUT2D eigenvalue weighted by Crippen LogP contribution is -2.14. The van der Waals surface area contributed by atoms with Gasteiger partial charge >= 0.3 is 0 Å². The molecule has 1 N–H and O–H groups in total. The van der Waals surface area contributed by atoms with Gasteiger partial charge in [-0.15, -0.1) is 11.3 Å². The van der Waals surface area contributed by atoms with E-state index in [0.29, 0.717) is 16.8 Å². The van der Waals surface area contributed by atoms with Gasteiger partial charge in [-0.25, -0.2) is 13.8 Å². The Labute approximate surface area is 150 Å². The summed E-state index contributed by atoms with van der Waals surface area (Å²) in [6.45, 7) is 1.54. The quantitative estimate of drug-likeness (QED) is 0.535. The average molecular weight is 375 g/mol. The minimum atomic E-state index is -1.00. The van der Waals surface area contributed by atoms with Crippen molar-refractivity contribution in [1.29, 1.82) is 0 Å². The molecule has 132 valence electrons. The number of amides is 1. The normalized spacial score (nSPS) is 10.6. The highest BCUT2D eigenvalue weighted by Gasteiger charge is 2.23. The molecule has 1 heterocycles. The first kappa shape index (κ1) is 17.6. The third-order valence-electron chi connectivity index (χ3n) is 3.60. The molecule has 0 bridgehead atoms. The molecule has 2 aromatic carbocycles. The number of para-hydroxylation sites is 1. The smallest absolute Gasteiger partial charge is 0.285 e. The van der Waals surface area contributed by atoms with Crippen LogP contribution >= 0.6 is 11.3 Å². The number of aromatic nitrogens is 1. The highest BCUT2D eigenvalue weighted by atomic mass is 32.1. The number of nitro benzene ring substituents is 1. The second kappa shape index (κ2) is 6.96. The molecule has 0 spiro atoms. The molecule has 0 aliphatic rings. The number of carbonyl (C=O) groups is 1. The van der Waals surface area contributed by atoms with Gasteiger partial charge in [0.1, 0.15) is 5.56 Å². The maximum atomic E-state index is 13.3. The molecule has 0 radical (unpaired) electrons. The van der Waals surface area contributed by atoms with E-state index in [1.165, 1.54) is 12.1 Å². The Morgan fingerprint density at radius 3 is 2.69 bits per heavy atom. The summed E-state index contributed by atoms with van der Waals surface area (Å²) in [7, 11) is 0. The van der Waals surface area contributed by atoms with Gasteiger partial charge in [0, 0.05) is 16.5 Å². The van der Waals surface area contributed by atoms with Crippen molar-refractivity contribution in [3.05, 3.63) is 74.7 Å². The van der Waals surface area contributed by atoms with E-state index in [2.05, 4.69) is 10.3 Å². The molecule has 1 amide bonds. The minimum absolute atomic E-state index is 0.0837. The Morgan fingerprint density at radius 2 is 2.00 bits per heavy atom. The molecule has 3 rings (SSSR count). The second-order valence-corrected chi connectivity index (χ2v) is 6.21. The first-order valence-corrected chi connectivity index (χ1v) is 8.21. The fourth-order valence-electron chi connectivity index (χ4n) is 2.37. The van der Waals surface area contributed by atoms with Crippen molar-refractivity contribution in [2.45, 2.75) is 6.92 Å². The summed E-state index contributed by atoms with van der Waals surface area (Å²) in [4.78, 5) is 27.1. The summed E-state index contributed by atoms with van der Waals surface area (Å²) in [5, 5.41) is 15.4. The van der Waals surface area contributed by atoms with Crippen LogP contribution in [0.4, 0.5) is 19.6 Å². The third-order valence-corrected chi connectivity index (χ3v) is 4.36. The number of nitrogens with one attached hydrogen (secondary N) is 1. The number of rotatable bonds is 4.